The van der Waals surface area contributed by atoms with E-state index in [4.69, 9.17) is 19.4 Å². The van der Waals surface area contributed by atoms with E-state index in [9.17, 15) is 4.79 Å². The Morgan fingerprint density at radius 1 is 0.972 bits per heavy atom. The highest BCUT2D eigenvalue weighted by Gasteiger charge is 2.23. The molecule has 4 aromatic rings. The number of hydrogen-bond acceptors (Lipinski definition) is 5. The summed E-state index contributed by atoms with van der Waals surface area (Å²) in [6, 6.07) is 17.9. The first-order chi connectivity index (χ1) is 17.6. The van der Waals surface area contributed by atoms with Crippen LogP contribution in [0.2, 0.25) is 0 Å². The lowest BCUT2D eigenvalue weighted by molar-refractivity contribution is 0.0951. The van der Waals surface area contributed by atoms with Crippen LogP contribution in [0.15, 0.2) is 54.6 Å². The van der Waals surface area contributed by atoms with Gasteiger partial charge >= 0.3 is 0 Å². The van der Waals surface area contributed by atoms with Crippen LogP contribution in [0.3, 0.4) is 0 Å². The maximum atomic E-state index is 13.0. The predicted octanol–water partition coefficient (Wildman–Crippen LogP) is 5.86. The van der Waals surface area contributed by atoms with Crippen molar-refractivity contribution in [3.8, 4) is 23.0 Å². The van der Waals surface area contributed by atoms with Gasteiger partial charge in [0.05, 0.1) is 25.3 Å². The van der Waals surface area contributed by atoms with E-state index in [1.807, 2.05) is 61.5 Å². The third kappa shape index (κ3) is 4.78. The molecule has 7 heteroatoms. The summed E-state index contributed by atoms with van der Waals surface area (Å²) in [7, 11) is 3.20. The third-order valence-electron chi connectivity index (χ3n) is 6.91. The number of imidazole rings is 1. The highest BCUT2D eigenvalue weighted by molar-refractivity contribution is 5.97. The zero-order chi connectivity index (χ0) is 25.1. The molecule has 36 heavy (non-hydrogen) atoms. The topological polar surface area (TPSA) is 78.3 Å². The third-order valence-corrected chi connectivity index (χ3v) is 6.91. The lowest BCUT2D eigenvalue weighted by atomic mass is 9.95. The van der Waals surface area contributed by atoms with Crippen LogP contribution in [0, 0.1) is 6.92 Å². The number of amides is 1. The van der Waals surface area contributed by atoms with Gasteiger partial charge in [0, 0.05) is 23.8 Å². The molecule has 1 aliphatic rings. The second-order valence-corrected chi connectivity index (χ2v) is 9.34. The molecule has 1 aliphatic carbocycles. The Labute approximate surface area is 211 Å². The molecule has 186 valence electrons. The molecule has 1 N–H and O–H groups in total. The summed E-state index contributed by atoms with van der Waals surface area (Å²) < 4.78 is 13.0. The molecule has 2 aromatic carbocycles. The van der Waals surface area contributed by atoms with Crippen LogP contribution < -0.4 is 14.8 Å². The Morgan fingerprint density at radius 3 is 2.53 bits per heavy atom. The van der Waals surface area contributed by atoms with Crippen molar-refractivity contribution in [1.82, 2.24) is 19.9 Å². The fourth-order valence-electron chi connectivity index (χ4n) is 5.07. The number of carbonyl (C=O) groups excluding carboxylic acids is 1. The van der Waals surface area contributed by atoms with Crippen LogP contribution in [0.4, 0.5) is 0 Å². The minimum atomic E-state index is -0.144. The van der Waals surface area contributed by atoms with Crippen molar-refractivity contribution in [3.63, 3.8) is 0 Å². The molecule has 2 heterocycles. The van der Waals surface area contributed by atoms with E-state index < -0.39 is 0 Å². The molecule has 0 aliphatic heterocycles. The molecule has 0 unspecified atom stereocenters. The fraction of sp³-hybridized carbons (Fsp3) is 0.345. The summed E-state index contributed by atoms with van der Waals surface area (Å²) in [6.07, 6.45) is 6.00. The maximum absolute atomic E-state index is 13.0. The molecular weight excluding hydrogens is 452 g/mol. The lowest BCUT2D eigenvalue weighted by Crippen LogP contribution is -2.22. The summed E-state index contributed by atoms with van der Waals surface area (Å²) in [5.74, 6) is 2.03. The molecule has 5 rings (SSSR count). The highest BCUT2D eigenvalue weighted by atomic mass is 16.5. The quantitative estimate of drug-likeness (QED) is 0.356. The molecule has 0 bridgehead atoms. The number of hydrogen-bond donors (Lipinski definition) is 1. The Bertz CT molecular complexity index is 1390. The molecule has 0 atom stereocenters. The Kier molecular flexibility index (Phi) is 6.89. The number of benzene rings is 2. The minimum absolute atomic E-state index is 0.144. The Morgan fingerprint density at radius 2 is 1.78 bits per heavy atom. The number of ether oxygens (including phenoxy) is 2. The fourth-order valence-corrected chi connectivity index (χ4v) is 5.07. The van der Waals surface area contributed by atoms with Gasteiger partial charge in [0.2, 0.25) is 0 Å². The van der Waals surface area contributed by atoms with Gasteiger partial charge in [0.25, 0.3) is 5.91 Å². The molecule has 0 radical (unpaired) electrons. The van der Waals surface area contributed by atoms with Crippen molar-refractivity contribution >= 4 is 16.9 Å². The van der Waals surface area contributed by atoms with Crippen molar-refractivity contribution in [1.29, 1.82) is 0 Å². The van der Waals surface area contributed by atoms with Gasteiger partial charge in [0.1, 0.15) is 5.69 Å². The lowest BCUT2D eigenvalue weighted by Gasteiger charge is -2.25. The molecule has 0 saturated heterocycles. The maximum Gasteiger partial charge on any atom is 0.251 e. The van der Waals surface area contributed by atoms with Gasteiger partial charge in [-0.05, 0) is 67.8 Å². The van der Waals surface area contributed by atoms with Gasteiger partial charge in [0.15, 0.2) is 17.3 Å². The molecular formula is C29H32N4O3. The van der Waals surface area contributed by atoms with E-state index in [0.29, 0.717) is 29.6 Å². The molecule has 0 spiro atoms. The first-order valence-electron chi connectivity index (χ1n) is 12.5. The van der Waals surface area contributed by atoms with E-state index in [1.54, 1.807) is 14.2 Å². The smallest absolute Gasteiger partial charge is 0.251 e. The zero-order valence-corrected chi connectivity index (χ0v) is 21.1. The number of methoxy groups -OCH3 is 2. The van der Waals surface area contributed by atoms with E-state index >= 15 is 0 Å². The summed E-state index contributed by atoms with van der Waals surface area (Å²) in [5.41, 5.74) is 5.21. The molecule has 1 amide bonds. The zero-order valence-electron chi connectivity index (χ0n) is 21.1. The Hall–Kier alpha value is -3.87. The SMILES string of the molecule is COc1ccc(CNC(=O)c2ccc3c(c2)nc(-c2cccc(C)n2)n3C2CCCCC2)cc1OC. The normalized spacial score (nSPS) is 14.1. The van der Waals surface area contributed by atoms with Crippen LogP contribution in [0.5, 0.6) is 11.5 Å². The monoisotopic (exact) mass is 484 g/mol. The first kappa shape index (κ1) is 23.9. The number of aromatic nitrogens is 3. The largest absolute Gasteiger partial charge is 0.493 e. The van der Waals surface area contributed by atoms with Crippen molar-refractivity contribution in [3.05, 3.63) is 71.4 Å². The average molecular weight is 485 g/mol. The van der Waals surface area contributed by atoms with Crippen molar-refractivity contribution < 1.29 is 14.3 Å². The van der Waals surface area contributed by atoms with Gasteiger partial charge < -0.3 is 19.4 Å². The molecule has 1 saturated carbocycles. The second kappa shape index (κ2) is 10.4. The van der Waals surface area contributed by atoms with Crippen LogP contribution in [-0.4, -0.2) is 34.7 Å². The number of pyridine rings is 1. The predicted molar refractivity (Wildman–Crippen MR) is 141 cm³/mol. The number of rotatable bonds is 7. The standard InChI is InChI=1S/C29H32N4O3/c1-19-8-7-11-23(31-19)28-32-24-17-21(13-14-25(24)33(28)22-9-5-4-6-10-22)29(34)30-18-20-12-15-26(35-2)27(16-20)36-3/h7-8,11-17,22H,4-6,9-10,18H2,1-3H3,(H,30,34). The van der Waals surface area contributed by atoms with Crippen molar-refractivity contribution in [2.45, 2.75) is 51.6 Å². The van der Waals surface area contributed by atoms with Gasteiger partial charge in [-0.2, -0.15) is 0 Å². The van der Waals surface area contributed by atoms with Crippen LogP contribution in [0.25, 0.3) is 22.6 Å². The van der Waals surface area contributed by atoms with E-state index in [1.165, 1.54) is 19.3 Å². The summed E-state index contributed by atoms with van der Waals surface area (Å²) in [5, 5.41) is 3.01. The molecule has 1 fully saturated rings. The number of fused-ring (bicyclic) bond motifs is 1. The van der Waals surface area contributed by atoms with E-state index in [2.05, 4.69) is 9.88 Å². The number of aryl methyl sites for hydroxylation is 1. The van der Waals surface area contributed by atoms with Crippen LogP contribution in [-0.2, 0) is 6.54 Å². The van der Waals surface area contributed by atoms with Crippen molar-refractivity contribution in [2.24, 2.45) is 0 Å². The highest BCUT2D eigenvalue weighted by Crippen LogP contribution is 2.36. The minimum Gasteiger partial charge on any atom is -0.493 e. The average Bonchev–Trinajstić information content (AvgIpc) is 3.31. The van der Waals surface area contributed by atoms with Gasteiger partial charge in [-0.3, -0.25) is 4.79 Å². The summed E-state index contributed by atoms with van der Waals surface area (Å²) >= 11 is 0. The van der Waals surface area contributed by atoms with Crippen molar-refractivity contribution in [2.75, 3.05) is 14.2 Å². The first-order valence-corrected chi connectivity index (χ1v) is 12.5. The molecule has 2 aromatic heterocycles. The summed E-state index contributed by atoms with van der Waals surface area (Å²) in [4.78, 5) is 22.8. The van der Waals surface area contributed by atoms with E-state index in [-0.39, 0.29) is 5.91 Å². The van der Waals surface area contributed by atoms with Gasteiger partial charge in [-0.1, -0.05) is 31.4 Å². The molecule has 7 nitrogen and oxygen atoms in total. The number of carbonyl (C=O) groups is 1. The Balaban J connectivity index is 1.44. The second-order valence-electron chi connectivity index (χ2n) is 9.34. The van der Waals surface area contributed by atoms with Crippen LogP contribution in [0.1, 0.15) is 59.8 Å². The van der Waals surface area contributed by atoms with E-state index in [0.717, 1.165) is 46.7 Å². The van der Waals surface area contributed by atoms with Gasteiger partial charge in [-0.25, -0.2) is 9.97 Å². The summed E-state index contributed by atoms with van der Waals surface area (Å²) in [6.45, 7) is 2.38. The van der Waals surface area contributed by atoms with Gasteiger partial charge in [-0.15, -0.1) is 0 Å². The number of nitrogens with one attached hydrogen (secondary N) is 1. The van der Waals surface area contributed by atoms with Crippen LogP contribution >= 0.6 is 0 Å². The number of nitrogens with zero attached hydrogens (tertiary/aromatic N) is 3.